The van der Waals surface area contributed by atoms with Crippen LogP contribution in [-0.2, 0) is 21.2 Å². The summed E-state index contributed by atoms with van der Waals surface area (Å²) in [5.74, 6) is -1.80. The normalized spacial score (nSPS) is 17.0. The highest BCUT2D eigenvalue weighted by Crippen LogP contribution is 2.29. The van der Waals surface area contributed by atoms with Crippen molar-refractivity contribution in [2.24, 2.45) is 5.92 Å². The van der Waals surface area contributed by atoms with Gasteiger partial charge in [0, 0.05) is 6.54 Å². The van der Waals surface area contributed by atoms with Crippen molar-refractivity contribution < 1.29 is 23.1 Å². The molecular weight excluding hydrogens is 354 g/mol. The van der Waals surface area contributed by atoms with Crippen molar-refractivity contribution in [2.75, 3.05) is 0 Å². The summed E-state index contributed by atoms with van der Waals surface area (Å²) in [7, 11) is -3.53. The molecule has 6 nitrogen and oxygen atoms in total. The van der Waals surface area contributed by atoms with Gasteiger partial charge in [-0.15, -0.1) is 0 Å². The third-order valence-electron chi connectivity index (χ3n) is 4.90. The fourth-order valence-corrected chi connectivity index (χ4v) is 6.03. The molecule has 0 spiro atoms. The number of hydrogen-bond donors (Lipinski definition) is 2. The molecule has 0 aromatic heterocycles. The highest BCUT2D eigenvalue weighted by atomic mass is 32.2. The monoisotopic (exact) mass is 381 g/mol. The average Bonchev–Trinajstić information content (AvgIpc) is 2.60. The van der Waals surface area contributed by atoms with Crippen LogP contribution < -0.4 is 5.32 Å². The van der Waals surface area contributed by atoms with Crippen molar-refractivity contribution >= 4 is 21.7 Å². The van der Waals surface area contributed by atoms with Gasteiger partial charge in [0.2, 0.25) is 5.91 Å². The Bertz CT molecular complexity index is 734. The molecule has 1 amide bonds. The number of amides is 1. The lowest BCUT2D eigenvalue weighted by Gasteiger charge is -2.28. The summed E-state index contributed by atoms with van der Waals surface area (Å²) in [6, 6.07) is 6.15. The van der Waals surface area contributed by atoms with Crippen LogP contribution in [0, 0.1) is 5.92 Å². The molecule has 0 bridgehead atoms. The van der Waals surface area contributed by atoms with E-state index in [0.29, 0.717) is 12.8 Å². The maximum Gasteiger partial charge on any atom is 0.335 e. The Kier molecular flexibility index (Phi) is 6.81. The van der Waals surface area contributed by atoms with Crippen LogP contribution >= 0.6 is 0 Å². The first kappa shape index (κ1) is 20.4. The van der Waals surface area contributed by atoms with Crippen LogP contribution in [0.4, 0.5) is 0 Å². The molecule has 1 aliphatic carbocycles. The minimum atomic E-state index is -3.53. The van der Waals surface area contributed by atoms with Gasteiger partial charge in [0.05, 0.1) is 10.8 Å². The smallest absolute Gasteiger partial charge is 0.335 e. The third kappa shape index (κ3) is 4.84. The van der Waals surface area contributed by atoms with E-state index in [4.69, 9.17) is 5.11 Å². The molecule has 0 saturated heterocycles. The zero-order chi connectivity index (χ0) is 19.3. The van der Waals surface area contributed by atoms with Crippen LogP contribution in [0.2, 0.25) is 0 Å². The molecule has 0 heterocycles. The minimum Gasteiger partial charge on any atom is -0.478 e. The minimum absolute atomic E-state index is 0.167. The van der Waals surface area contributed by atoms with Gasteiger partial charge in [-0.2, -0.15) is 0 Å². The lowest BCUT2D eigenvalue weighted by Crippen LogP contribution is -2.47. The third-order valence-corrected chi connectivity index (χ3v) is 7.77. The Balaban J connectivity index is 2.07. The van der Waals surface area contributed by atoms with Crippen LogP contribution in [-0.4, -0.2) is 35.9 Å². The van der Waals surface area contributed by atoms with E-state index in [0.717, 1.165) is 24.8 Å². The number of carboxylic acid groups (broad SMARTS) is 1. The molecule has 0 radical (unpaired) electrons. The Hall–Kier alpha value is -1.89. The number of carbonyl (C=O) groups excluding carboxylic acids is 1. The summed E-state index contributed by atoms with van der Waals surface area (Å²) in [6.45, 7) is 3.68. The summed E-state index contributed by atoms with van der Waals surface area (Å²) >= 11 is 0. The van der Waals surface area contributed by atoms with Gasteiger partial charge in [0.25, 0.3) is 0 Å². The van der Waals surface area contributed by atoms with E-state index in [1.807, 2.05) is 0 Å². The molecule has 144 valence electrons. The zero-order valence-electron chi connectivity index (χ0n) is 15.3. The summed E-state index contributed by atoms with van der Waals surface area (Å²) in [4.78, 5) is 23.5. The topological polar surface area (TPSA) is 101 Å². The number of carbonyl (C=O) groups is 2. The van der Waals surface area contributed by atoms with Gasteiger partial charge in [0.1, 0.15) is 5.25 Å². The van der Waals surface area contributed by atoms with E-state index in [2.05, 4.69) is 5.32 Å². The predicted octanol–water partition coefficient (Wildman–Crippen LogP) is 2.77. The van der Waals surface area contributed by atoms with Crippen molar-refractivity contribution in [1.82, 2.24) is 5.32 Å². The van der Waals surface area contributed by atoms with Gasteiger partial charge in [0.15, 0.2) is 9.84 Å². The van der Waals surface area contributed by atoms with Crippen molar-refractivity contribution in [3.8, 4) is 0 Å². The molecule has 1 aliphatic rings. The Morgan fingerprint density at radius 3 is 2.19 bits per heavy atom. The number of carboxylic acids is 1. The van der Waals surface area contributed by atoms with E-state index in [9.17, 15) is 18.0 Å². The molecule has 1 unspecified atom stereocenters. The second-order valence-electron chi connectivity index (χ2n) is 7.23. The molecule has 26 heavy (non-hydrogen) atoms. The second kappa shape index (κ2) is 8.66. The molecule has 1 saturated carbocycles. The number of rotatable bonds is 7. The van der Waals surface area contributed by atoms with E-state index >= 15 is 0 Å². The van der Waals surface area contributed by atoms with E-state index < -0.39 is 32.2 Å². The highest BCUT2D eigenvalue weighted by Gasteiger charge is 2.40. The maximum absolute atomic E-state index is 13.0. The van der Waals surface area contributed by atoms with Crippen LogP contribution in [0.1, 0.15) is 61.9 Å². The first-order chi connectivity index (χ1) is 12.2. The van der Waals surface area contributed by atoms with Gasteiger partial charge in [-0.25, -0.2) is 13.2 Å². The van der Waals surface area contributed by atoms with Crippen LogP contribution in [0.25, 0.3) is 0 Å². The first-order valence-corrected chi connectivity index (χ1v) is 10.7. The second-order valence-corrected chi connectivity index (χ2v) is 9.59. The maximum atomic E-state index is 13.0. The van der Waals surface area contributed by atoms with Crippen LogP contribution in [0.3, 0.4) is 0 Å². The van der Waals surface area contributed by atoms with Crippen molar-refractivity contribution in [2.45, 2.75) is 63.0 Å². The van der Waals surface area contributed by atoms with E-state index in [1.54, 1.807) is 26.0 Å². The fourth-order valence-electron chi connectivity index (χ4n) is 3.49. The van der Waals surface area contributed by atoms with Gasteiger partial charge in [-0.3, -0.25) is 4.79 Å². The number of aromatic carboxylic acids is 1. The summed E-state index contributed by atoms with van der Waals surface area (Å²) in [6.07, 6.45) is 4.11. The molecule has 1 fully saturated rings. The molecular formula is C19H27NO5S. The van der Waals surface area contributed by atoms with Gasteiger partial charge >= 0.3 is 5.97 Å². The number of hydrogen-bond acceptors (Lipinski definition) is 4. The molecule has 1 aromatic carbocycles. The molecule has 1 atom stereocenters. The Labute approximate surface area is 154 Å². The summed E-state index contributed by atoms with van der Waals surface area (Å²) in [5, 5.41) is 10.1. The van der Waals surface area contributed by atoms with Crippen molar-refractivity contribution in [1.29, 1.82) is 0 Å². The molecule has 7 heteroatoms. The lowest BCUT2D eigenvalue weighted by molar-refractivity contribution is -0.121. The number of nitrogens with one attached hydrogen (secondary N) is 1. The van der Waals surface area contributed by atoms with Gasteiger partial charge in [-0.05, 0) is 36.5 Å². The van der Waals surface area contributed by atoms with E-state index in [-0.39, 0.29) is 18.0 Å². The first-order valence-electron chi connectivity index (χ1n) is 9.06. The number of benzene rings is 1. The molecule has 2 N–H and O–H groups in total. The average molecular weight is 381 g/mol. The van der Waals surface area contributed by atoms with Crippen molar-refractivity contribution in [3.05, 3.63) is 35.4 Å². The summed E-state index contributed by atoms with van der Waals surface area (Å²) in [5.41, 5.74) is 0.890. The van der Waals surface area contributed by atoms with Gasteiger partial charge < -0.3 is 10.4 Å². The zero-order valence-corrected chi connectivity index (χ0v) is 16.1. The van der Waals surface area contributed by atoms with E-state index in [1.165, 1.54) is 12.1 Å². The molecule has 0 aliphatic heterocycles. The Morgan fingerprint density at radius 1 is 1.12 bits per heavy atom. The Morgan fingerprint density at radius 2 is 1.69 bits per heavy atom. The van der Waals surface area contributed by atoms with Gasteiger partial charge in [-0.1, -0.05) is 45.2 Å². The molecule has 2 rings (SSSR count). The van der Waals surface area contributed by atoms with Crippen molar-refractivity contribution in [3.63, 3.8) is 0 Å². The van der Waals surface area contributed by atoms with Crippen LogP contribution in [0.15, 0.2) is 24.3 Å². The largest absolute Gasteiger partial charge is 0.478 e. The van der Waals surface area contributed by atoms with Crippen LogP contribution in [0.5, 0.6) is 0 Å². The standard InChI is InChI=1S/C19H27NO5S/c1-13(2)17(26(24,25)16-6-4-3-5-7-16)18(21)20-12-14-8-10-15(11-9-14)19(22)23/h8-11,13,16-17H,3-7,12H2,1-2H3,(H,20,21)(H,22,23). The fraction of sp³-hybridized carbons (Fsp3) is 0.579. The SMILES string of the molecule is CC(C)C(C(=O)NCc1ccc(C(=O)O)cc1)S(=O)(=O)C1CCCCC1. The summed E-state index contributed by atoms with van der Waals surface area (Å²) < 4.78 is 25.9. The number of sulfone groups is 1. The quantitative estimate of drug-likeness (QED) is 0.756. The lowest BCUT2D eigenvalue weighted by atomic mass is 10.0. The predicted molar refractivity (Wildman–Crippen MR) is 99.7 cm³/mol. The molecule has 1 aromatic rings. The highest BCUT2D eigenvalue weighted by molar-refractivity contribution is 7.93.